The first kappa shape index (κ1) is 17.7. The molecule has 0 saturated carbocycles. The lowest BCUT2D eigenvalue weighted by Gasteiger charge is -2.16. The second-order valence-electron chi connectivity index (χ2n) is 6.01. The van der Waals surface area contributed by atoms with Crippen molar-refractivity contribution in [1.29, 1.82) is 0 Å². The maximum Gasteiger partial charge on any atom is 0.410 e. The molecule has 2 rings (SSSR count). The number of aryl methyl sites for hydroxylation is 1. The predicted octanol–water partition coefficient (Wildman–Crippen LogP) is 1.77. The van der Waals surface area contributed by atoms with E-state index in [-0.39, 0.29) is 24.4 Å². The molecule has 1 saturated heterocycles. The number of cyclic esters (lactones) is 1. The maximum absolute atomic E-state index is 12.0. The van der Waals surface area contributed by atoms with Crippen LogP contribution in [0.5, 0.6) is 0 Å². The third-order valence-electron chi connectivity index (χ3n) is 3.78. The van der Waals surface area contributed by atoms with Crippen LogP contribution < -0.4 is 4.72 Å². The molecule has 7 heteroatoms. The Balaban J connectivity index is 1.73. The summed E-state index contributed by atoms with van der Waals surface area (Å²) in [6.07, 6.45) is 0.477. The van der Waals surface area contributed by atoms with Crippen LogP contribution in [0.1, 0.15) is 25.8 Å². The van der Waals surface area contributed by atoms with Crippen molar-refractivity contribution < 1.29 is 17.9 Å². The van der Waals surface area contributed by atoms with Crippen molar-refractivity contribution in [2.24, 2.45) is 0 Å². The lowest BCUT2D eigenvalue weighted by Crippen LogP contribution is -2.37. The Morgan fingerprint density at radius 2 is 2.00 bits per heavy atom. The van der Waals surface area contributed by atoms with Crippen molar-refractivity contribution >= 4 is 16.1 Å². The summed E-state index contributed by atoms with van der Waals surface area (Å²) in [6.45, 7) is 4.35. The van der Waals surface area contributed by atoms with E-state index >= 15 is 0 Å². The van der Waals surface area contributed by atoms with Gasteiger partial charge < -0.3 is 9.64 Å². The first-order valence-electron chi connectivity index (χ1n) is 7.86. The second kappa shape index (κ2) is 7.79. The number of carbonyl (C=O) groups is 1. The lowest BCUT2D eigenvalue weighted by atomic mass is 10.1. The summed E-state index contributed by atoms with van der Waals surface area (Å²) in [4.78, 5) is 13.2. The van der Waals surface area contributed by atoms with Gasteiger partial charge in [-0.15, -0.1) is 0 Å². The van der Waals surface area contributed by atoms with Crippen LogP contribution in [0.25, 0.3) is 0 Å². The third-order valence-corrected chi connectivity index (χ3v) is 5.21. The van der Waals surface area contributed by atoms with Gasteiger partial charge in [0.15, 0.2) is 0 Å². The Bertz CT molecular complexity index is 616. The number of nitrogens with one attached hydrogen (secondary N) is 1. The summed E-state index contributed by atoms with van der Waals surface area (Å²) in [6, 6.07) is 9.84. The molecule has 1 aliphatic heterocycles. The van der Waals surface area contributed by atoms with E-state index in [1.165, 1.54) is 0 Å². The van der Waals surface area contributed by atoms with E-state index in [1.54, 1.807) is 4.90 Å². The number of hydrogen-bond acceptors (Lipinski definition) is 4. The fourth-order valence-electron chi connectivity index (χ4n) is 2.47. The van der Waals surface area contributed by atoms with Crippen LogP contribution in [0.2, 0.25) is 0 Å². The van der Waals surface area contributed by atoms with Crippen LogP contribution in [0.4, 0.5) is 4.79 Å². The number of nitrogens with zero attached hydrogens (tertiary/aromatic N) is 1. The molecule has 1 heterocycles. The van der Waals surface area contributed by atoms with Crippen molar-refractivity contribution in [3.05, 3.63) is 35.9 Å². The molecule has 23 heavy (non-hydrogen) atoms. The van der Waals surface area contributed by atoms with Gasteiger partial charge in [-0.3, -0.25) is 0 Å². The summed E-state index contributed by atoms with van der Waals surface area (Å²) in [5.74, 6) is 0.0659. The monoisotopic (exact) mass is 340 g/mol. The molecule has 0 aromatic heterocycles. The van der Waals surface area contributed by atoms with Crippen molar-refractivity contribution in [3.63, 3.8) is 0 Å². The fourth-order valence-corrected chi connectivity index (χ4v) is 3.58. The zero-order valence-corrected chi connectivity index (χ0v) is 14.4. The zero-order valence-electron chi connectivity index (χ0n) is 13.6. The molecular formula is C16H24N2O4S. The highest BCUT2D eigenvalue weighted by Gasteiger charge is 2.33. The van der Waals surface area contributed by atoms with Gasteiger partial charge in [0, 0.05) is 12.6 Å². The van der Waals surface area contributed by atoms with E-state index in [4.69, 9.17) is 4.74 Å². The molecule has 1 atom stereocenters. The minimum absolute atomic E-state index is 0.0509. The van der Waals surface area contributed by atoms with Crippen LogP contribution in [0, 0.1) is 0 Å². The quantitative estimate of drug-likeness (QED) is 0.782. The molecule has 1 fully saturated rings. The molecule has 0 spiro atoms. The standard InChI is InChI=1S/C16H24N2O4S/c1-13(2)18-12-15(22-16(18)19)11-17-23(20,21)10-6-9-14-7-4-3-5-8-14/h3-5,7-8,13,15,17H,6,9-12H2,1-2H3. The van der Waals surface area contributed by atoms with E-state index in [1.807, 2.05) is 44.2 Å². The van der Waals surface area contributed by atoms with Gasteiger partial charge in [0.25, 0.3) is 0 Å². The Morgan fingerprint density at radius 3 is 2.61 bits per heavy atom. The van der Waals surface area contributed by atoms with Crippen LogP contribution in [0.15, 0.2) is 30.3 Å². The van der Waals surface area contributed by atoms with Gasteiger partial charge in [-0.05, 0) is 32.3 Å². The highest BCUT2D eigenvalue weighted by molar-refractivity contribution is 7.89. The number of carbonyl (C=O) groups excluding carboxylic acids is 1. The molecule has 0 aliphatic carbocycles. The number of rotatable bonds is 8. The minimum Gasteiger partial charge on any atom is -0.443 e. The van der Waals surface area contributed by atoms with Gasteiger partial charge in [-0.1, -0.05) is 30.3 Å². The molecule has 1 unspecified atom stereocenters. The van der Waals surface area contributed by atoms with E-state index in [2.05, 4.69) is 4.72 Å². The van der Waals surface area contributed by atoms with Crippen molar-refractivity contribution in [1.82, 2.24) is 9.62 Å². The van der Waals surface area contributed by atoms with Crippen LogP contribution in [0.3, 0.4) is 0 Å². The molecular weight excluding hydrogens is 316 g/mol. The Morgan fingerprint density at radius 1 is 1.30 bits per heavy atom. The molecule has 1 amide bonds. The van der Waals surface area contributed by atoms with E-state index in [9.17, 15) is 13.2 Å². The van der Waals surface area contributed by atoms with Crippen LogP contribution >= 0.6 is 0 Å². The highest BCUT2D eigenvalue weighted by Crippen LogP contribution is 2.14. The summed E-state index contributed by atoms with van der Waals surface area (Å²) >= 11 is 0. The topological polar surface area (TPSA) is 75.7 Å². The number of hydrogen-bond donors (Lipinski definition) is 1. The summed E-state index contributed by atoms with van der Waals surface area (Å²) in [7, 11) is -3.35. The molecule has 1 aliphatic rings. The number of amides is 1. The Hall–Kier alpha value is -1.60. The van der Waals surface area contributed by atoms with Gasteiger partial charge in [-0.2, -0.15) is 0 Å². The minimum atomic E-state index is -3.35. The largest absolute Gasteiger partial charge is 0.443 e. The number of ether oxygens (including phenoxy) is 1. The smallest absolute Gasteiger partial charge is 0.410 e. The summed E-state index contributed by atoms with van der Waals surface area (Å²) in [5.41, 5.74) is 1.12. The molecule has 1 aromatic carbocycles. The van der Waals surface area contributed by atoms with Gasteiger partial charge in [0.2, 0.25) is 10.0 Å². The molecule has 128 valence electrons. The summed E-state index contributed by atoms with van der Waals surface area (Å²) in [5, 5.41) is 0. The van der Waals surface area contributed by atoms with E-state index in [0.717, 1.165) is 12.0 Å². The fraction of sp³-hybridized carbons (Fsp3) is 0.562. The van der Waals surface area contributed by atoms with Crippen LogP contribution in [-0.2, 0) is 21.2 Å². The van der Waals surface area contributed by atoms with Crippen molar-refractivity contribution in [2.75, 3.05) is 18.8 Å². The maximum atomic E-state index is 12.0. The zero-order chi connectivity index (χ0) is 16.9. The Labute approximate surface area is 137 Å². The molecule has 6 nitrogen and oxygen atoms in total. The van der Waals surface area contributed by atoms with Crippen molar-refractivity contribution in [2.45, 2.75) is 38.8 Å². The van der Waals surface area contributed by atoms with Crippen molar-refractivity contribution in [3.8, 4) is 0 Å². The molecule has 1 N–H and O–H groups in total. The molecule has 0 bridgehead atoms. The van der Waals surface area contributed by atoms with Gasteiger partial charge in [-0.25, -0.2) is 17.9 Å². The SMILES string of the molecule is CC(C)N1CC(CNS(=O)(=O)CCCc2ccccc2)OC1=O. The second-order valence-corrected chi connectivity index (χ2v) is 7.93. The average Bonchev–Trinajstić information content (AvgIpc) is 2.88. The van der Waals surface area contributed by atoms with E-state index < -0.39 is 16.1 Å². The third kappa shape index (κ3) is 5.51. The van der Waals surface area contributed by atoms with Gasteiger partial charge in [0.1, 0.15) is 6.10 Å². The summed E-state index contributed by atoms with van der Waals surface area (Å²) < 4.78 is 31.7. The van der Waals surface area contributed by atoms with Gasteiger partial charge >= 0.3 is 6.09 Å². The normalized spacial score (nSPS) is 18.5. The first-order valence-corrected chi connectivity index (χ1v) is 9.51. The predicted molar refractivity (Wildman–Crippen MR) is 88.7 cm³/mol. The molecule has 0 radical (unpaired) electrons. The molecule has 1 aromatic rings. The van der Waals surface area contributed by atoms with E-state index in [0.29, 0.717) is 13.0 Å². The van der Waals surface area contributed by atoms with Crippen LogP contribution in [-0.4, -0.2) is 50.4 Å². The number of benzene rings is 1. The van der Waals surface area contributed by atoms with Gasteiger partial charge in [0.05, 0.1) is 12.3 Å². The average molecular weight is 340 g/mol. The number of sulfonamides is 1. The first-order chi connectivity index (χ1) is 10.9. The highest BCUT2D eigenvalue weighted by atomic mass is 32.2. The Kier molecular flexibility index (Phi) is 6.01. The lowest BCUT2D eigenvalue weighted by molar-refractivity contribution is 0.130.